The number of benzene rings is 2. The maximum absolute atomic E-state index is 9.57. The summed E-state index contributed by atoms with van der Waals surface area (Å²) in [5.74, 6) is 0. The zero-order chi connectivity index (χ0) is 13.8. The van der Waals surface area contributed by atoms with Gasteiger partial charge in [-0.1, -0.05) is 45.2 Å². The van der Waals surface area contributed by atoms with Crippen molar-refractivity contribution >= 4 is 44.8 Å². The van der Waals surface area contributed by atoms with Gasteiger partial charge in [0.2, 0.25) is 0 Å². The number of anilines is 1. The molecule has 19 heavy (non-hydrogen) atoms. The van der Waals surface area contributed by atoms with Crippen LogP contribution in [0.1, 0.15) is 11.6 Å². The molecule has 0 bridgehead atoms. The van der Waals surface area contributed by atoms with Gasteiger partial charge in [-0.05, 0) is 42.0 Å². The molecule has 0 radical (unpaired) electrons. The highest BCUT2D eigenvalue weighted by Crippen LogP contribution is 2.29. The average molecular weight is 361 g/mol. The van der Waals surface area contributed by atoms with Crippen molar-refractivity contribution in [1.29, 1.82) is 0 Å². The second-order valence-electron chi connectivity index (χ2n) is 4.06. The molecular weight excluding hydrogens is 349 g/mol. The summed E-state index contributed by atoms with van der Waals surface area (Å²) in [5, 5.41) is 14.1. The Bertz CT molecular complexity index is 577. The van der Waals surface area contributed by atoms with Crippen LogP contribution < -0.4 is 5.32 Å². The molecule has 1 unspecified atom stereocenters. The predicted octanol–water partition coefficient (Wildman–Crippen LogP) is 4.90. The fourth-order valence-corrected chi connectivity index (χ4v) is 2.68. The lowest BCUT2D eigenvalue weighted by Crippen LogP contribution is -2.15. The molecule has 100 valence electrons. The van der Waals surface area contributed by atoms with Crippen LogP contribution in [0.4, 0.5) is 5.69 Å². The molecule has 0 aliphatic carbocycles. The molecule has 0 aliphatic rings. The SMILES string of the molecule is OCC(Nc1cccc(Cl)c1)c1cc(Cl)ccc1Br. The van der Waals surface area contributed by atoms with Crippen molar-refractivity contribution in [2.45, 2.75) is 6.04 Å². The molecule has 0 saturated heterocycles. The molecule has 0 amide bonds. The quantitative estimate of drug-likeness (QED) is 0.812. The molecular formula is C14H12BrCl2NO. The third-order valence-electron chi connectivity index (χ3n) is 2.68. The summed E-state index contributed by atoms with van der Waals surface area (Å²) in [4.78, 5) is 0. The van der Waals surface area contributed by atoms with Crippen LogP contribution in [0.5, 0.6) is 0 Å². The lowest BCUT2D eigenvalue weighted by Gasteiger charge is -2.19. The number of hydrogen-bond acceptors (Lipinski definition) is 2. The lowest BCUT2D eigenvalue weighted by molar-refractivity contribution is 0.276. The van der Waals surface area contributed by atoms with E-state index in [0.717, 1.165) is 15.7 Å². The number of aliphatic hydroxyl groups excluding tert-OH is 1. The Kier molecular flexibility index (Phi) is 5.11. The van der Waals surface area contributed by atoms with E-state index in [0.29, 0.717) is 10.0 Å². The first kappa shape index (κ1) is 14.7. The fraction of sp³-hybridized carbons (Fsp3) is 0.143. The normalized spacial score (nSPS) is 12.2. The van der Waals surface area contributed by atoms with Crippen LogP contribution in [0.25, 0.3) is 0 Å². The highest BCUT2D eigenvalue weighted by atomic mass is 79.9. The smallest absolute Gasteiger partial charge is 0.0756 e. The van der Waals surface area contributed by atoms with Gasteiger partial charge in [0.25, 0.3) is 0 Å². The molecule has 1 atom stereocenters. The highest BCUT2D eigenvalue weighted by molar-refractivity contribution is 9.10. The van der Waals surface area contributed by atoms with Gasteiger partial charge in [-0.15, -0.1) is 0 Å². The van der Waals surface area contributed by atoms with E-state index >= 15 is 0 Å². The predicted molar refractivity (Wildman–Crippen MR) is 84.1 cm³/mol. The average Bonchev–Trinajstić information content (AvgIpc) is 2.39. The molecule has 0 spiro atoms. The maximum Gasteiger partial charge on any atom is 0.0756 e. The Balaban J connectivity index is 2.27. The molecule has 2 aromatic carbocycles. The van der Waals surface area contributed by atoms with Crippen LogP contribution in [-0.2, 0) is 0 Å². The zero-order valence-corrected chi connectivity index (χ0v) is 13.0. The maximum atomic E-state index is 9.57. The summed E-state index contributed by atoms with van der Waals surface area (Å²) in [5.41, 5.74) is 1.74. The summed E-state index contributed by atoms with van der Waals surface area (Å²) in [6.45, 7) is -0.0501. The number of nitrogens with one attached hydrogen (secondary N) is 1. The Morgan fingerprint density at radius 3 is 2.53 bits per heavy atom. The van der Waals surface area contributed by atoms with Gasteiger partial charge in [0, 0.05) is 20.2 Å². The number of hydrogen-bond donors (Lipinski definition) is 2. The van der Waals surface area contributed by atoms with Gasteiger partial charge in [0.05, 0.1) is 12.6 Å². The Labute approximate surface area is 130 Å². The molecule has 0 aromatic heterocycles. The summed E-state index contributed by atoms with van der Waals surface area (Å²) < 4.78 is 0.894. The van der Waals surface area contributed by atoms with Crippen LogP contribution in [0.3, 0.4) is 0 Å². The molecule has 5 heteroatoms. The summed E-state index contributed by atoms with van der Waals surface area (Å²) in [6, 6.07) is 12.6. The van der Waals surface area contributed by atoms with Crippen LogP contribution in [0, 0.1) is 0 Å². The Hall–Kier alpha value is -0.740. The summed E-state index contributed by atoms with van der Waals surface area (Å²) in [7, 11) is 0. The minimum Gasteiger partial charge on any atom is -0.394 e. The van der Waals surface area contributed by atoms with Crippen LogP contribution >= 0.6 is 39.1 Å². The molecule has 0 heterocycles. The van der Waals surface area contributed by atoms with Crippen molar-refractivity contribution < 1.29 is 5.11 Å². The molecule has 0 aliphatic heterocycles. The molecule has 2 rings (SSSR count). The largest absolute Gasteiger partial charge is 0.394 e. The summed E-state index contributed by atoms with van der Waals surface area (Å²) >= 11 is 15.4. The number of rotatable bonds is 4. The van der Waals surface area contributed by atoms with Crippen molar-refractivity contribution in [3.05, 3.63) is 62.5 Å². The van der Waals surface area contributed by atoms with Gasteiger partial charge in [-0.25, -0.2) is 0 Å². The Morgan fingerprint density at radius 1 is 1.11 bits per heavy atom. The monoisotopic (exact) mass is 359 g/mol. The number of halogens is 3. The highest BCUT2D eigenvalue weighted by Gasteiger charge is 2.14. The van der Waals surface area contributed by atoms with E-state index < -0.39 is 0 Å². The standard InChI is InChI=1S/C14H12BrCl2NO/c15-13-5-4-10(17)7-12(13)14(8-19)18-11-3-1-2-9(16)6-11/h1-7,14,18-19H,8H2. The van der Waals surface area contributed by atoms with Crippen molar-refractivity contribution in [1.82, 2.24) is 0 Å². The van der Waals surface area contributed by atoms with E-state index in [1.165, 1.54) is 0 Å². The lowest BCUT2D eigenvalue weighted by atomic mass is 10.1. The van der Waals surface area contributed by atoms with Crippen LogP contribution in [0.2, 0.25) is 10.0 Å². The first-order valence-corrected chi connectivity index (χ1v) is 7.23. The van der Waals surface area contributed by atoms with Gasteiger partial charge in [-0.2, -0.15) is 0 Å². The zero-order valence-electron chi connectivity index (χ0n) is 9.91. The second-order valence-corrected chi connectivity index (χ2v) is 5.78. The van der Waals surface area contributed by atoms with Crippen molar-refractivity contribution in [2.24, 2.45) is 0 Å². The van der Waals surface area contributed by atoms with E-state index in [1.807, 2.05) is 30.3 Å². The molecule has 2 N–H and O–H groups in total. The van der Waals surface area contributed by atoms with Crippen molar-refractivity contribution in [3.63, 3.8) is 0 Å². The van der Waals surface area contributed by atoms with Crippen LogP contribution in [0.15, 0.2) is 46.9 Å². The fourth-order valence-electron chi connectivity index (χ4n) is 1.78. The third-order valence-corrected chi connectivity index (χ3v) is 3.87. The van der Waals surface area contributed by atoms with E-state index in [2.05, 4.69) is 21.2 Å². The topological polar surface area (TPSA) is 32.3 Å². The third kappa shape index (κ3) is 3.86. The van der Waals surface area contributed by atoms with Gasteiger partial charge in [0.15, 0.2) is 0 Å². The van der Waals surface area contributed by atoms with Crippen LogP contribution in [-0.4, -0.2) is 11.7 Å². The minimum atomic E-state index is -0.258. The van der Waals surface area contributed by atoms with E-state index in [-0.39, 0.29) is 12.6 Å². The van der Waals surface area contributed by atoms with Gasteiger partial charge in [0.1, 0.15) is 0 Å². The van der Waals surface area contributed by atoms with E-state index in [9.17, 15) is 5.11 Å². The van der Waals surface area contributed by atoms with Gasteiger partial charge >= 0.3 is 0 Å². The first-order valence-electron chi connectivity index (χ1n) is 5.68. The van der Waals surface area contributed by atoms with Gasteiger partial charge in [-0.3, -0.25) is 0 Å². The van der Waals surface area contributed by atoms with E-state index in [1.54, 1.807) is 12.1 Å². The minimum absolute atomic E-state index is 0.0501. The first-order chi connectivity index (χ1) is 9.10. The molecule has 2 aromatic rings. The Morgan fingerprint density at radius 2 is 1.84 bits per heavy atom. The van der Waals surface area contributed by atoms with Crippen molar-refractivity contribution in [3.8, 4) is 0 Å². The van der Waals surface area contributed by atoms with E-state index in [4.69, 9.17) is 23.2 Å². The van der Waals surface area contributed by atoms with Gasteiger partial charge < -0.3 is 10.4 Å². The van der Waals surface area contributed by atoms with Crippen molar-refractivity contribution in [2.75, 3.05) is 11.9 Å². The number of aliphatic hydroxyl groups is 1. The summed E-state index contributed by atoms with van der Waals surface area (Å²) in [6.07, 6.45) is 0. The molecule has 0 fully saturated rings. The second kappa shape index (κ2) is 6.62. The molecule has 2 nitrogen and oxygen atoms in total. The molecule has 0 saturated carbocycles.